The van der Waals surface area contributed by atoms with Crippen molar-refractivity contribution in [1.29, 1.82) is 5.26 Å². The Morgan fingerprint density at radius 1 is 1.18 bits per heavy atom. The van der Waals surface area contributed by atoms with E-state index in [1.165, 1.54) is 18.2 Å². The number of nitrogens with two attached hydrogens (primary N) is 1. The van der Waals surface area contributed by atoms with E-state index in [9.17, 15) is 14.8 Å². The molecule has 1 aliphatic rings. The van der Waals surface area contributed by atoms with Crippen molar-refractivity contribution in [2.24, 2.45) is 5.73 Å². The van der Waals surface area contributed by atoms with Gasteiger partial charge < -0.3 is 25.1 Å². The summed E-state index contributed by atoms with van der Waals surface area (Å²) in [5.41, 5.74) is 8.06. The van der Waals surface area contributed by atoms with Crippen LogP contribution in [-0.2, 0) is 6.61 Å². The highest BCUT2D eigenvalue weighted by Gasteiger charge is 2.32. The molecule has 6 nitrogen and oxygen atoms in total. The normalized spacial score (nSPS) is 14.8. The number of phenolic OH excluding ortho intramolecular Hbond substituents is 1. The second-order valence-electron chi connectivity index (χ2n) is 7.29. The molecule has 0 aliphatic carbocycles. The summed E-state index contributed by atoms with van der Waals surface area (Å²) in [6, 6.07) is 16.8. The lowest BCUT2D eigenvalue weighted by Crippen LogP contribution is -2.21. The van der Waals surface area contributed by atoms with Gasteiger partial charge in [-0.05, 0) is 52.7 Å². The number of fused-ring (bicyclic) bond motifs is 1. The van der Waals surface area contributed by atoms with Crippen LogP contribution >= 0.6 is 15.9 Å². The Bertz CT molecular complexity index is 1290. The number of rotatable bonds is 6. The first kappa shape index (κ1) is 22.5. The molecule has 0 saturated carbocycles. The van der Waals surface area contributed by atoms with Gasteiger partial charge in [0.2, 0.25) is 5.88 Å². The standard InChI is InChI=1S/C25H20BrFN2O4/c1-2-31-22-10-15(9-19(26)24(22)32-13-14-5-3-4-6-20(14)27)23-17-8-7-16(30)11-21(17)33-25(29)18(23)12-28/h3-11,23,30H,2,13,29H2,1H3/t23-/m0/s1. The number of hydrogen-bond acceptors (Lipinski definition) is 6. The number of allylic oxidation sites excluding steroid dienone is 1. The molecule has 1 aliphatic heterocycles. The first-order chi connectivity index (χ1) is 15.9. The van der Waals surface area contributed by atoms with Gasteiger partial charge in [0, 0.05) is 17.2 Å². The molecule has 0 bridgehead atoms. The number of phenols is 1. The zero-order valence-corrected chi connectivity index (χ0v) is 19.2. The maximum Gasteiger partial charge on any atom is 0.205 e. The maximum atomic E-state index is 14.0. The van der Waals surface area contributed by atoms with E-state index in [1.54, 1.807) is 36.4 Å². The average Bonchev–Trinajstić information content (AvgIpc) is 2.78. The molecule has 0 unspecified atom stereocenters. The lowest BCUT2D eigenvalue weighted by atomic mass is 9.83. The molecule has 0 amide bonds. The van der Waals surface area contributed by atoms with Crippen molar-refractivity contribution < 1.29 is 23.7 Å². The van der Waals surface area contributed by atoms with E-state index >= 15 is 0 Å². The van der Waals surface area contributed by atoms with Crippen LogP contribution in [0.1, 0.15) is 29.5 Å². The van der Waals surface area contributed by atoms with Gasteiger partial charge in [-0.1, -0.05) is 24.3 Å². The lowest BCUT2D eigenvalue weighted by molar-refractivity contribution is 0.264. The van der Waals surface area contributed by atoms with E-state index in [-0.39, 0.29) is 29.6 Å². The molecule has 1 heterocycles. The van der Waals surface area contributed by atoms with Crippen LogP contribution in [0.5, 0.6) is 23.0 Å². The van der Waals surface area contributed by atoms with Crippen LogP contribution in [0.25, 0.3) is 0 Å². The largest absolute Gasteiger partial charge is 0.508 e. The molecular formula is C25H20BrFN2O4. The third-order valence-corrected chi connectivity index (χ3v) is 5.79. The van der Waals surface area contributed by atoms with E-state index in [2.05, 4.69) is 22.0 Å². The smallest absolute Gasteiger partial charge is 0.205 e. The fraction of sp³-hybridized carbons (Fsp3) is 0.160. The number of benzene rings is 3. The predicted molar refractivity (Wildman–Crippen MR) is 123 cm³/mol. The minimum atomic E-state index is -0.546. The molecule has 0 radical (unpaired) electrons. The second kappa shape index (κ2) is 9.43. The van der Waals surface area contributed by atoms with Gasteiger partial charge in [-0.25, -0.2) is 4.39 Å². The summed E-state index contributed by atoms with van der Waals surface area (Å²) in [5, 5.41) is 19.6. The van der Waals surface area contributed by atoms with Crippen molar-refractivity contribution in [3.05, 3.63) is 93.0 Å². The molecule has 168 valence electrons. The fourth-order valence-electron chi connectivity index (χ4n) is 3.71. The third kappa shape index (κ3) is 4.45. The summed E-state index contributed by atoms with van der Waals surface area (Å²) in [5.74, 6) is 0.298. The van der Waals surface area contributed by atoms with Gasteiger partial charge in [0.15, 0.2) is 11.5 Å². The molecule has 3 aromatic rings. The average molecular weight is 511 g/mol. The zero-order valence-electron chi connectivity index (χ0n) is 17.6. The predicted octanol–water partition coefficient (Wildman–Crippen LogP) is 5.49. The van der Waals surface area contributed by atoms with Crippen molar-refractivity contribution >= 4 is 15.9 Å². The molecule has 3 aromatic carbocycles. The Kier molecular flexibility index (Phi) is 6.43. The molecule has 33 heavy (non-hydrogen) atoms. The first-order valence-electron chi connectivity index (χ1n) is 10.2. The lowest BCUT2D eigenvalue weighted by Gasteiger charge is -2.27. The van der Waals surface area contributed by atoms with Gasteiger partial charge in [0.25, 0.3) is 0 Å². The highest BCUT2D eigenvalue weighted by atomic mass is 79.9. The van der Waals surface area contributed by atoms with Crippen LogP contribution in [0.3, 0.4) is 0 Å². The Morgan fingerprint density at radius 3 is 2.70 bits per heavy atom. The summed E-state index contributed by atoms with van der Waals surface area (Å²) >= 11 is 3.54. The fourth-order valence-corrected chi connectivity index (χ4v) is 4.28. The number of aromatic hydroxyl groups is 1. The molecule has 0 fully saturated rings. The molecule has 1 atom stereocenters. The molecule has 0 saturated heterocycles. The van der Waals surface area contributed by atoms with E-state index in [0.29, 0.717) is 45.0 Å². The zero-order chi connectivity index (χ0) is 23.5. The maximum absolute atomic E-state index is 14.0. The van der Waals surface area contributed by atoms with Crippen molar-refractivity contribution in [2.45, 2.75) is 19.4 Å². The van der Waals surface area contributed by atoms with Crippen LogP contribution in [0.2, 0.25) is 0 Å². The number of halogens is 2. The van der Waals surface area contributed by atoms with Gasteiger partial charge >= 0.3 is 0 Å². The summed E-state index contributed by atoms with van der Waals surface area (Å²) in [6.45, 7) is 2.22. The van der Waals surface area contributed by atoms with Gasteiger partial charge in [0.05, 0.1) is 17.0 Å². The topological polar surface area (TPSA) is 97.7 Å². The van der Waals surface area contributed by atoms with Crippen molar-refractivity contribution in [3.8, 4) is 29.1 Å². The summed E-state index contributed by atoms with van der Waals surface area (Å²) in [6.07, 6.45) is 0. The SMILES string of the molecule is CCOc1cc([C@@H]2C(C#N)=C(N)Oc3cc(O)ccc32)cc(Br)c1OCc1ccccc1F. The van der Waals surface area contributed by atoms with Crippen molar-refractivity contribution in [2.75, 3.05) is 6.61 Å². The van der Waals surface area contributed by atoms with E-state index in [0.717, 1.165) is 0 Å². The Morgan fingerprint density at radius 2 is 1.97 bits per heavy atom. The number of nitrogens with zero attached hydrogens (tertiary/aromatic N) is 1. The number of nitriles is 1. The van der Waals surface area contributed by atoms with E-state index in [4.69, 9.17) is 19.9 Å². The molecule has 8 heteroatoms. The third-order valence-electron chi connectivity index (χ3n) is 5.20. The van der Waals surface area contributed by atoms with Crippen LogP contribution in [0, 0.1) is 17.1 Å². The molecule has 0 spiro atoms. The highest BCUT2D eigenvalue weighted by Crippen LogP contribution is 2.47. The summed E-state index contributed by atoms with van der Waals surface area (Å²) in [7, 11) is 0. The molecule has 0 aromatic heterocycles. The summed E-state index contributed by atoms with van der Waals surface area (Å²) in [4.78, 5) is 0. The first-order valence-corrected chi connectivity index (χ1v) is 10.9. The Labute approximate surface area is 198 Å². The minimum Gasteiger partial charge on any atom is -0.508 e. The second-order valence-corrected chi connectivity index (χ2v) is 8.14. The van der Waals surface area contributed by atoms with Gasteiger partial charge in [-0.2, -0.15) is 5.26 Å². The van der Waals surface area contributed by atoms with Gasteiger partial charge in [-0.15, -0.1) is 0 Å². The highest BCUT2D eigenvalue weighted by molar-refractivity contribution is 9.10. The van der Waals surface area contributed by atoms with Crippen LogP contribution in [-0.4, -0.2) is 11.7 Å². The van der Waals surface area contributed by atoms with Crippen molar-refractivity contribution in [1.82, 2.24) is 0 Å². The van der Waals surface area contributed by atoms with Gasteiger partial charge in [-0.3, -0.25) is 0 Å². The Balaban J connectivity index is 1.77. The number of hydrogen-bond donors (Lipinski definition) is 2. The van der Waals surface area contributed by atoms with E-state index in [1.807, 2.05) is 6.92 Å². The minimum absolute atomic E-state index is 0.0143. The number of ether oxygens (including phenoxy) is 3. The van der Waals surface area contributed by atoms with Crippen LogP contribution in [0.4, 0.5) is 4.39 Å². The monoisotopic (exact) mass is 510 g/mol. The quantitative estimate of drug-likeness (QED) is 0.454. The van der Waals surface area contributed by atoms with Crippen LogP contribution < -0.4 is 19.9 Å². The molecule has 3 N–H and O–H groups in total. The summed E-state index contributed by atoms with van der Waals surface area (Å²) < 4.78 is 31.9. The Hall–Kier alpha value is -3.70. The van der Waals surface area contributed by atoms with Crippen molar-refractivity contribution in [3.63, 3.8) is 0 Å². The van der Waals surface area contributed by atoms with Crippen LogP contribution in [0.15, 0.2) is 70.5 Å². The van der Waals surface area contributed by atoms with Gasteiger partial charge in [0.1, 0.15) is 35.6 Å². The molecular weight excluding hydrogens is 491 g/mol. The molecule has 4 rings (SSSR count). The van der Waals surface area contributed by atoms with E-state index < -0.39 is 5.92 Å².